The minimum Gasteiger partial charge on any atom is -0.489 e. The van der Waals surface area contributed by atoms with Gasteiger partial charge in [-0.2, -0.15) is 0 Å². The van der Waals surface area contributed by atoms with Crippen molar-refractivity contribution in [3.8, 4) is 5.75 Å². The molecule has 0 saturated heterocycles. The highest BCUT2D eigenvalue weighted by Crippen LogP contribution is 2.31. The second-order valence-corrected chi connectivity index (χ2v) is 5.66. The number of benzene rings is 1. The number of nitrogens with one attached hydrogen (secondary N) is 1. The summed E-state index contributed by atoms with van der Waals surface area (Å²) in [5.41, 5.74) is 7.94. The molecular weight excluding hydrogens is 248 g/mol. The van der Waals surface area contributed by atoms with E-state index in [4.69, 9.17) is 10.5 Å². The van der Waals surface area contributed by atoms with E-state index in [1.165, 1.54) is 32.1 Å². The minimum atomic E-state index is 0.138. The number of unbranched alkanes of at least 4 members (excludes halogenated alkanes) is 1. The molecule has 0 aliphatic heterocycles. The van der Waals surface area contributed by atoms with Crippen molar-refractivity contribution in [2.45, 2.75) is 71.9 Å². The van der Waals surface area contributed by atoms with Crippen molar-refractivity contribution in [1.82, 2.24) is 0 Å². The molecule has 3 N–H and O–H groups in total. The first-order chi connectivity index (χ1) is 9.58. The van der Waals surface area contributed by atoms with Crippen LogP contribution in [0.25, 0.3) is 0 Å². The zero-order valence-corrected chi connectivity index (χ0v) is 13.4. The third kappa shape index (κ3) is 5.32. The summed E-state index contributed by atoms with van der Waals surface area (Å²) in [6.45, 7) is 8.48. The van der Waals surface area contributed by atoms with Gasteiger partial charge in [-0.25, -0.2) is 0 Å². The van der Waals surface area contributed by atoms with Gasteiger partial charge < -0.3 is 15.8 Å². The molecule has 1 aromatic rings. The summed E-state index contributed by atoms with van der Waals surface area (Å²) >= 11 is 0. The van der Waals surface area contributed by atoms with Crippen molar-refractivity contribution in [3.63, 3.8) is 0 Å². The van der Waals surface area contributed by atoms with E-state index in [1.807, 2.05) is 32.0 Å². The maximum absolute atomic E-state index is 6.22. The summed E-state index contributed by atoms with van der Waals surface area (Å²) < 4.78 is 5.74. The molecular formula is C17H30N2O. The average Bonchev–Trinajstić information content (AvgIpc) is 2.40. The molecule has 0 heterocycles. The third-order valence-corrected chi connectivity index (χ3v) is 3.33. The first-order valence-electron chi connectivity index (χ1n) is 7.90. The van der Waals surface area contributed by atoms with Gasteiger partial charge in [0.2, 0.25) is 0 Å². The fourth-order valence-corrected chi connectivity index (χ4v) is 2.33. The van der Waals surface area contributed by atoms with E-state index in [9.17, 15) is 0 Å². The fourth-order valence-electron chi connectivity index (χ4n) is 2.33. The van der Waals surface area contributed by atoms with Crippen molar-refractivity contribution in [2.24, 2.45) is 0 Å². The topological polar surface area (TPSA) is 47.3 Å². The van der Waals surface area contributed by atoms with E-state index >= 15 is 0 Å². The Morgan fingerprint density at radius 1 is 1.15 bits per heavy atom. The van der Waals surface area contributed by atoms with Crippen LogP contribution in [0.5, 0.6) is 5.75 Å². The Kier molecular flexibility index (Phi) is 7.27. The number of hydrogen-bond acceptors (Lipinski definition) is 3. The van der Waals surface area contributed by atoms with Crippen LogP contribution in [0.2, 0.25) is 0 Å². The summed E-state index contributed by atoms with van der Waals surface area (Å²) in [5.74, 6) is 0.774. The molecule has 1 atom stereocenters. The van der Waals surface area contributed by atoms with E-state index in [-0.39, 0.29) is 6.10 Å². The lowest BCUT2D eigenvalue weighted by atomic mass is 10.0. The molecule has 0 aliphatic carbocycles. The largest absolute Gasteiger partial charge is 0.489 e. The molecule has 0 spiro atoms. The van der Waals surface area contributed by atoms with Crippen LogP contribution in [0.1, 0.15) is 59.8 Å². The minimum absolute atomic E-state index is 0.138. The SMILES string of the molecule is CCCCC(CCC)Nc1cccc(OC(C)C)c1N. The highest BCUT2D eigenvalue weighted by Gasteiger charge is 2.12. The quantitative estimate of drug-likeness (QED) is 0.636. The van der Waals surface area contributed by atoms with Crippen LogP contribution < -0.4 is 15.8 Å². The fraction of sp³-hybridized carbons (Fsp3) is 0.647. The normalized spacial score (nSPS) is 12.4. The summed E-state index contributed by atoms with van der Waals surface area (Å²) in [5, 5.41) is 3.59. The number of nitrogens with two attached hydrogens (primary N) is 1. The molecule has 20 heavy (non-hydrogen) atoms. The predicted octanol–water partition coefficient (Wildman–Crippen LogP) is 4.83. The van der Waals surface area contributed by atoms with E-state index in [1.54, 1.807) is 0 Å². The highest BCUT2D eigenvalue weighted by atomic mass is 16.5. The molecule has 0 bridgehead atoms. The smallest absolute Gasteiger partial charge is 0.144 e. The van der Waals surface area contributed by atoms with E-state index in [2.05, 4.69) is 19.2 Å². The van der Waals surface area contributed by atoms with Gasteiger partial charge in [-0.05, 0) is 38.8 Å². The molecule has 0 amide bonds. The molecule has 3 heteroatoms. The number of nitrogen functional groups attached to an aromatic ring is 1. The monoisotopic (exact) mass is 278 g/mol. The average molecular weight is 278 g/mol. The van der Waals surface area contributed by atoms with Crippen LogP contribution in [0.3, 0.4) is 0 Å². The lowest BCUT2D eigenvalue weighted by Gasteiger charge is -2.22. The molecule has 0 radical (unpaired) electrons. The van der Waals surface area contributed by atoms with Gasteiger partial charge in [0.15, 0.2) is 0 Å². The molecule has 0 aromatic heterocycles. The highest BCUT2D eigenvalue weighted by molar-refractivity contribution is 5.73. The van der Waals surface area contributed by atoms with Crippen LogP contribution in [0, 0.1) is 0 Å². The van der Waals surface area contributed by atoms with Crippen LogP contribution in [0.15, 0.2) is 18.2 Å². The maximum Gasteiger partial charge on any atom is 0.144 e. The lowest BCUT2D eigenvalue weighted by Crippen LogP contribution is -2.20. The predicted molar refractivity (Wildman–Crippen MR) is 88.5 cm³/mol. The Morgan fingerprint density at radius 2 is 1.90 bits per heavy atom. The summed E-state index contributed by atoms with van der Waals surface area (Å²) in [7, 11) is 0. The molecule has 1 unspecified atom stereocenters. The zero-order valence-electron chi connectivity index (χ0n) is 13.4. The number of ether oxygens (including phenoxy) is 1. The summed E-state index contributed by atoms with van der Waals surface area (Å²) in [6.07, 6.45) is 6.17. The Labute approximate surface area is 123 Å². The van der Waals surface area contributed by atoms with Crippen molar-refractivity contribution < 1.29 is 4.74 Å². The van der Waals surface area contributed by atoms with Gasteiger partial charge in [0, 0.05) is 6.04 Å². The molecule has 3 nitrogen and oxygen atoms in total. The first-order valence-corrected chi connectivity index (χ1v) is 7.90. The van der Waals surface area contributed by atoms with Gasteiger partial charge in [-0.1, -0.05) is 39.2 Å². The number of hydrogen-bond donors (Lipinski definition) is 2. The molecule has 114 valence electrons. The standard InChI is InChI=1S/C17H30N2O/c1-5-7-10-14(9-6-2)19-15-11-8-12-16(17(15)18)20-13(3)4/h8,11-14,19H,5-7,9-10,18H2,1-4H3. The van der Waals surface area contributed by atoms with Gasteiger partial charge in [0.25, 0.3) is 0 Å². The Balaban J connectivity index is 2.78. The van der Waals surface area contributed by atoms with Crippen LogP contribution in [-0.4, -0.2) is 12.1 Å². The van der Waals surface area contributed by atoms with Gasteiger partial charge in [0.1, 0.15) is 5.75 Å². The zero-order chi connectivity index (χ0) is 15.0. The second-order valence-electron chi connectivity index (χ2n) is 5.66. The summed E-state index contributed by atoms with van der Waals surface area (Å²) in [4.78, 5) is 0. The molecule has 0 saturated carbocycles. The van der Waals surface area contributed by atoms with Crippen LogP contribution in [-0.2, 0) is 0 Å². The molecule has 0 aliphatic rings. The first kappa shape index (κ1) is 16.7. The number of rotatable bonds is 9. The third-order valence-electron chi connectivity index (χ3n) is 3.33. The van der Waals surface area contributed by atoms with Crippen LogP contribution in [0.4, 0.5) is 11.4 Å². The van der Waals surface area contributed by atoms with Crippen molar-refractivity contribution in [3.05, 3.63) is 18.2 Å². The Hall–Kier alpha value is -1.38. The van der Waals surface area contributed by atoms with Gasteiger partial charge in [-0.3, -0.25) is 0 Å². The van der Waals surface area contributed by atoms with Gasteiger partial charge in [0.05, 0.1) is 17.5 Å². The van der Waals surface area contributed by atoms with E-state index < -0.39 is 0 Å². The van der Waals surface area contributed by atoms with Crippen molar-refractivity contribution >= 4 is 11.4 Å². The van der Waals surface area contributed by atoms with Crippen molar-refractivity contribution in [1.29, 1.82) is 0 Å². The Morgan fingerprint density at radius 3 is 2.50 bits per heavy atom. The van der Waals surface area contributed by atoms with Gasteiger partial charge >= 0.3 is 0 Å². The second kappa shape index (κ2) is 8.72. The maximum atomic E-state index is 6.22. The van der Waals surface area contributed by atoms with E-state index in [0.717, 1.165) is 17.1 Å². The van der Waals surface area contributed by atoms with E-state index in [0.29, 0.717) is 6.04 Å². The molecule has 0 fully saturated rings. The molecule has 1 rings (SSSR count). The lowest BCUT2D eigenvalue weighted by molar-refractivity contribution is 0.244. The number of para-hydroxylation sites is 1. The van der Waals surface area contributed by atoms with Crippen LogP contribution >= 0.6 is 0 Å². The molecule has 1 aromatic carbocycles. The van der Waals surface area contributed by atoms with Crippen molar-refractivity contribution in [2.75, 3.05) is 11.1 Å². The van der Waals surface area contributed by atoms with Gasteiger partial charge in [-0.15, -0.1) is 0 Å². The summed E-state index contributed by atoms with van der Waals surface area (Å²) in [6, 6.07) is 6.47. The number of anilines is 2. The Bertz CT molecular complexity index is 391.